The summed E-state index contributed by atoms with van der Waals surface area (Å²) in [6.45, 7) is -2.31. The van der Waals surface area contributed by atoms with Gasteiger partial charge in [0, 0.05) is 34.6 Å². The first-order valence-electron chi connectivity index (χ1n) is 11.8. The maximum absolute atomic E-state index is 7.69. The Morgan fingerprint density at radius 1 is 0.815 bits per heavy atom. The van der Waals surface area contributed by atoms with Crippen molar-refractivity contribution in [3.63, 3.8) is 0 Å². The Labute approximate surface area is 171 Å². The molecule has 0 bridgehead atoms. The smallest absolute Gasteiger partial charge is 0.200 e. The number of hydrogen-bond donors (Lipinski definition) is 0. The Kier molecular flexibility index (Phi) is 2.45. The molecule has 0 spiro atoms. The number of pyridine rings is 1. The Hall–Kier alpha value is -2.71. The van der Waals surface area contributed by atoms with Crippen LogP contribution in [0.5, 0.6) is 0 Å². The molecule has 132 valence electrons. The van der Waals surface area contributed by atoms with Crippen molar-refractivity contribution >= 4 is 42.3 Å². The third kappa shape index (κ3) is 2.64. The third-order valence-corrected chi connectivity index (χ3v) is 6.30. The van der Waals surface area contributed by atoms with Crippen LogP contribution in [0.4, 0.5) is 0 Å². The SMILES string of the molecule is [2H]C([2H])([2H])c1ccc(-c2cc3sc4cc5cc(C([2H])([2H])[2H])ccc5cc4c3c[n+]2C)c(C)c1. The number of aryl methyl sites for hydroxylation is 4. The molecule has 2 aromatic heterocycles. The molecule has 27 heavy (non-hydrogen) atoms. The molecule has 0 fully saturated rings. The fourth-order valence-electron chi connectivity index (χ4n) is 3.83. The van der Waals surface area contributed by atoms with Gasteiger partial charge in [-0.2, -0.15) is 0 Å². The van der Waals surface area contributed by atoms with Gasteiger partial charge >= 0.3 is 0 Å². The van der Waals surface area contributed by atoms with Gasteiger partial charge in [-0.05, 0) is 55.2 Å². The zero-order valence-corrected chi connectivity index (χ0v) is 15.9. The molecule has 0 aliphatic rings. The topological polar surface area (TPSA) is 3.88 Å². The highest BCUT2D eigenvalue weighted by molar-refractivity contribution is 7.25. The average molecular weight is 375 g/mol. The van der Waals surface area contributed by atoms with E-state index < -0.39 is 13.7 Å². The van der Waals surface area contributed by atoms with Crippen LogP contribution in [0.3, 0.4) is 0 Å². The summed E-state index contributed by atoms with van der Waals surface area (Å²) in [6, 6.07) is 17.0. The van der Waals surface area contributed by atoms with Crippen LogP contribution in [-0.4, -0.2) is 0 Å². The van der Waals surface area contributed by atoms with Crippen molar-refractivity contribution in [3.8, 4) is 11.3 Å². The summed E-state index contributed by atoms with van der Waals surface area (Å²) < 4.78 is 50.4. The molecule has 0 radical (unpaired) electrons. The second-order valence-electron chi connectivity index (χ2n) is 7.09. The van der Waals surface area contributed by atoms with E-state index in [-0.39, 0.29) is 0 Å². The van der Waals surface area contributed by atoms with Crippen LogP contribution in [0.15, 0.2) is 60.8 Å². The number of benzene rings is 3. The Balaban J connectivity index is 1.68. The maximum Gasteiger partial charge on any atom is 0.213 e. The number of thiophene rings is 1. The molecule has 0 atom stereocenters. The number of hydrogen-bond acceptors (Lipinski definition) is 1. The van der Waals surface area contributed by atoms with Gasteiger partial charge in [0.1, 0.15) is 7.05 Å². The molecule has 0 saturated carbocycles. The molecule has 0 aliphatic carbocycles. The lowest BCUT2D eigenvalue weighted by Crippen LogP contribution is -2.30. The predicted octanol–water partition coefficient (Wildman–Crippen LogP) is 6.62. The first-order chi connectivity index (χ1) is 15.4. The molecular weight excluding hydrogens is 346 g/mol. The van der Waals surface area contributed by atoms with Crippen LogP contribution in [0.1, 0.15) is 24.9 Å². The standard InChI is InChI=1S/C25H22NS/c1-15-6-8-20(17(3)9-15)23-13-25-22(14-26(23)4)21-11-18-7-5-16(2)10-19(18)12-24(21)27-25/h5-14H,1-4H3/q+1/i1D3,2D3. The molecule has 0 saturated heterocycles. The van der Waals surface area contributed by atoms with Gasteiger partial charge in [-0.3, -0.25) is 0 Å². The largest absolute Gasteiger partial charge is 0.213 e. The molecule has 2 heterocycles. The van der Waals surface area contributed by atoms with Crippen molar-refractivity contribution in [3.05, 3.63) is 77.5 Å². The van der Waals surface area contributed by atoms with E-state index in [1.54, 1.807) is 35.6 Å². The van der Waals surface area contributed by atoms with Crippen molar-refractivity contribution in [1.29, 1.82) is 0 Å². The van der Waals surface area contributed by atoms with Crippen LogP contribution in [0.25, 0.3) is 42.2 Å². The second kappa shape index (κ2) is 5.90. The normalized spacial score (nSPS) is 15.9. The van der Waals surface area contributed by atoms with Crippen LogP contribution >= 0.6 is 11.3 Å². The minimum atomic E-state index is -2.13. The quantitative estimate of drug-likeness (QED) is 0.290. The van der Waals surface area contributed by atoms with E-state index in [4.69, 9.17) is 8.22 Å². The summed E-state index contributed by atoms with van der Waals surface area (Å²) in [6.07, 6.45) is 2.11. The number of aromatic nitrogens is 1. The molecular formula is C25H22NS+. The van der Waals surface area contributed by atoms with Crippen molar-refractivity contribution in [1.82, 2.24) is 0 Å². The van der Waals surface area contributed by atoms with Gasteiger partial charge in [-0.15, -0.1) is 11.3 Å². The third-order valence-electron chi connectivity index (χ3n) is 5.19. The van der Waals surface area contributed by atoms with Gasteiger partial charge in [0.2, 0.25) is 5.69 Å². The van der Waals surface area contributed by atoms with E-state index in [1.165, 1.54) is 0 Å². The molecule has 0 unspecified atom stereocenters. The highest BCUT2D eigenvalue weighted by atomic mass is 32.1. The van der Waals surface area contributed by atoms with E-state index in [0.717, 1.165) is 47.8 Å². The van der Waals surface area contributed by atoms with Crippen molar-refractivity contribution in [2.45, 2.75) is 20.6 Å². The zero-order chi connectivity index (χ0) is 23.7. The number of rotatable bonds is 1. The van der Waals surface area contributed by atoms with E-state index in [1.807, 2.05) is 26.1 Å². The van der Waals surface area contributed by atoms with Crippen molar-refractivity contribution in [2.24, 2.45) is 7.05 Å². The first-order valence-corrected chi connectivity index (χ1v) is 9.65. The van der Waals surface area contributed by atoms with Gasteiger partial charge in [0.05, 0.1) is 5.39 Å². The lowest BCUT2D eigenvalue weighted by Gasteiger charge is -2.06. The second-order valence-corrected chi connectivity index (χ2v) is 8.17. The highest BCUT2D eigenvalue weighted by Crippen LogP contribution is 2.37. The summed E-state index contributed by atoms with van der Waals surface area (Å²) in [5.41, 5.74) is 3.62. The summed E-state index contributed by atoms with van der Waals surface area (Å²) in [4.78, 5) is 0. The van der Waals surface area contributed by atoms with Crippen LogP contribution < -0.4 is 4.57 Å². The monoisotopic (exact) mass is 374 g/mol. The van der Waals surface area contributed by atoms with E-state index >= 15 is 0 Å². The molecule has 5 aromatic rings. The lowest BCUT2D eigenvalue weighted by molar-refractivity contribution is -0.659. The molecule has 0 aliphatic heterocycles. The molecule has 5 rings (SSSR count). The van der Waals surface area contributed by atoms with Crippen LogP contribution in [-0.2, 0) is 7.05 Å². The van der Waals surface area contributed by atoms with Crippen molar-refractivity contribution < 1.29 is 12.8 Å². The van der Waals surface area contributed by atoms with E-state index in [0.29, 0.717) is 11.1 Å². The van der Waals surface area contributed by atoms with Gasteiger partial charge in [-0.25, -0.2) is 4.57 Å². The minimum absolute atomic E-state index is 0.345. The predicted molar refractivity (Wildman–Crippen MR) is 118 cm³/mol. The van der Waals surface area contributed by atoms with E-state index in [9.17, 15) is 0 Å². The molecule has 0 amide bonds. The summed E-state index contributed by atoms with van der Waals surface area (Å²) in [5, 5.41) is 4.21. The average Bonchev–Trinajstić information content (AvgIpc) is 3.06. The Morgan fingerprint density at radius 2 is 1.59 bits per heavy atom. The minimum Gasteiger partial charge on any atom is -0.200 e. The zero-order valence-electron chi connectivity index (χ0n) is 21.1. The summed E-state index contributed by atoms with van der Waals surface area (Å²) >= 11 is 1.68. The molecule has 2 heteroatoms. The lowest BCUT2D eigenvalue weighted by atomic mass is 10.0. The van der Waals surface area contributed by atoms with E-state index in [2.05, 4.69) is 29.0 Å². The Bertz CT molecular complexity index is 1560. The van der Waals surface area contributed by atoms with Gasteiger partial charge in [-0.1, -0.05) is 41.5 Å². The van der Waals surface area contributed by atoms with Crippen LogP contribution in [0, 0.1) is 20.6 Å². The highest BCUT2D eigenvalue weighted by Gasteiger charge is 2.17. The fraction of sp³-hybridized carbons (Fsp3) is 0.160. The summed E-state index contributed by atoms with van der Waals surface area (Å²) in [7, 11) is 2.00. The van der Waals surface area contributed by atoms with Crippen molar-refractivity contribution in [2.75, 3.05) is 0 Å². The first kappa shape index (κ1) is 11.2. The molecule has 3 aromatic carbocycles. The fourth-order valence-corrected chi connectivity index (χ4v) is 4.97. The van der Waals surface area contributed by atoms with Gasteiger partial charge in [0.15, 0.2) is 6.20 Å². The van der Waals surface area contributed by atoms with Gasteiger partial charge < -0.3 is 0 Å². The van der Waals surface area contributed by atoms with Gasteiger partial charge in [0.25, 0.3) is 0 Å². The number of nitrogens with zero attached hydrogens (tertiary/aromatic N) is 1. The number of fused-ring (bicyclic) bond motifs is 4. The molecule has 1 nitrogen and oxygen atoms in total. The molecule has 0 N–H and O–H groups in total. The summed E-state index contributed by atoms with van der Waals surface area (Å²) in [5.74, 6) is 0. The Morgan fingerprint density at radius 3 is 2.41 bits per heavy atom. The maximum atomic E-state index is 7.69. The van der Waals surface area contributed by atoms with Crippen LogP contribution in [0.2, 0.25) is 0 Å².